The molecule has 0 radical (unpaired) electrons. The average Bonchev–Trinajstić information content (AvgIpc) is 2.72. The predicted octanol–water partition coefficient (Wildman–Crippen LogP) is 2.93. The number of amides is 1. The number of hydrogen-bond donors (Lipinski definition) is 1. The molecule has 1 amide bonds. The van der Waals surface area contributed by atoms with E-state index in [2.05, 4.69) is 31.4 Å². The number of anilines is 1. The highest BCUT2D eigenvalue weighted by atomic mass is 79.9. The summed E-state index contributed by atoms with van der Waals surface area (Å²) in [5, 5.41) is 11.6. The van der Waals surface area contributed by atoms with Gasteiger partial charge in [-0.1, -0.05) is 33.8 Å². The number of hydrogen-bond acceptors (Lipinski definition) is 4. The second-order valence-corrected chi connectivity index (χ2v) is 6.19. The minimum absolute atomic E-state index is 0.0635. The maximum atomic E-state index is 11.9. The molecule has 0 fully saturated rings. The highest BCUT2D eigenvalue weighted by Gasteiger charge is 2.09. The molecule has 0 saturated heterocycles. The number of carbonyl (C=O) groups is 1. The largest absolute Gasteiger partial charge is 0.325 e. The topological polar surface area (TPSA) is 59.8 Å². The summed E-state index contributed by atoms with van der Waals surface area (Å²) in [6, 6.07) is 5.73. The van der Waals surface area contributed by atoms with Crippen LogP contribution in [0, 0.1) is 13.8 Å². The lowest BCUT2D eigenvalue weighted by molar-refractivity contribution is -0.113. The second-order valence-electron chi connectivity index (χ2n) is 4.39. The lowest BCUT2D eigenvalue weighted by Crippen LogP contribution is -2.14. The molecule has 1 N–H and O–H groups in total. The van der Waals surface area contributed by atoms with Gasteiger partial charge in [0.1, 0.15) is 5.82 Å². The third-order valence-corrected chi connectivity index (χ3v) is 4.72. The fourth-order valence-electron chi connectivity index (χ4n) is 1.51. The van der Waals surface area contributed by atoms with Crippen molar-refractivity contribution in [1.82, 2.24) is 14.8 Å². The van der Waals surface area contributed by atoms with Crippen LogP contribution in [0.25, 0.3) is 0 Å². The van der Waals surface area contributed by atoms with E-state index in [0.29, 0.717) is 5.75 Å². The van der Waals surface area contributed by atoms with Gasteiger partial charge in [-0.25, -0.2) is 0 Å². The summed E-state index contributed by atoms with van der Waals surface area (Å²) in [4.78, 5) is 11.9. The van der Waals surface area contributed by atoms with Gasteiger partial charge in [0, 0.05) is 17.2 Å². The number of nitrogens with one attached hydrogen (secondary N) is 1. The first-order chi connectivity index (χ1) is 9.47. The van der Waals surface area contributed by atoms with E-state index in [4.69, 9.17) is 0 Å². The van der Waals surface area contributed by atoms with E-state index < -0.39 is 0 Å². The van der Waals surface area contributed by atoms with E-state index in [-0.39, 0.29) is 5.91 Å². The first kappa shape index (κ1) is 15.1. The van der Waals surface area contributed by atoms with E-state index in [1.165, 1.54) is 11.8 Å². The molecule has 2 aromatic rings. The van der Waals surface area contributed by atoms with Crippen molar-refractivity contribution in [3.8, 4) is 0 Å². The van der Waals surface area contributed by atoms with Crippen LogP contribution in [-0.2, 0) is 11.8 Å². The van der Waals surface area contributed by atoms with Gasteiger partial charge in [-0.15, -0.1) is 10.2 Å². The molecular formula is C13H15BrN4OS. The molecule has 1 heterocycles. The summed E-state index contributed by atoms with van der Waals surface area (Å²) >= 11 is 4.81. The molecule has 1 aromatic carbocycles. The summed E-state index contributed by atoms with van der Waals surface area (Å²) in [5.74, 6) is 1.07. The van der Waals surface area contributed by atoms with Gasteiger partial charge in [0.2, 0.25) is 5.91 Å². The molecular weight excluding hydrogens is 340 g/mol. The number of halogens is 1. The van der Waals surface area contributed by atoms with Crippen molar-refractivity contribution < 1.29 is 4.79 Å². The van der Waals surface area contributed by atoms with Crippen molar-refractivity contribution in [3.05, 3.63) is 34.1 Å². The number of thioether (sulfide) groups is 1. The van der Waals surface area contributed by atoms with Crippen molar-refractivity contribution in [1.29, 1.82) is 0 Å². The van der Waals surface area contributed by atoms with Crippen molar-refractivity contribution in [2.24, 2.45) is 7.05 Å². The molecule has 0 unspecified atom stereocenters. The summed E-state index contributed by atoms with van der Waals surface area (Å²) in [5.41, 5.74) is 1.91. The third-order valence-electron chi connectivity index (χ3n) is 2.84. The van der Waals surface area contributed by atoms with Crippen LogP contribution < -0.4 is 5.32 Å². The Morgan fingerprint density at radius 3 is 2.75 bits per heavy atom. The zero-order valence-corrected chi connectivity index (χ0v) is 13.9. The van der Waals surface area contributed by atoms with Crippen molar-refractivity contribution in [3.63, 3.8) is 0 Å². The van der Waals surface area contributed by atoms with Crippen LogP contribution >= 0.6 is 27.7 Å². The van der Waals surface area contributed by atoms with Crippen LogP contribution in [0.2, 0.25) is 0 Å². The van der Waals surface area contributed by atoms with Gasteiger partial charge >= 0.3 is 0 Å². The highest BCUT2D eigenvalue weighted by molar-refractivity contribution is 9.10. The molecule has 20 heavy (non-hydrogen) atoms. The van der Waals surface area contributed by atoms with Gasteiger partial charge in [-0.3, -0.25) is 4.79 Å². The molecule has 5 nitrogen and oxygen atoms in total. The van der Waals surface area contributed by atoms with Crippen LogP contribution in [0.3, 0.4) is 0 Å². The van der Waals surface area contributed by atoms with Crippen LogP contribution in [0.5, 0.6) is 0 Å². The number of rotatable bonds is 4. The van der Waals surface area contributed by atoms with Crippen molar-refractivity contribution in [2.45, 2.75) is 19.0 Å². The Kier molecular flexibility index (Phi) is 4.82. The fraction of sp³-hybridized carbons (Fsp3) is 0.308. The number of aryl methyl sites for hydroxylation is 2. The van der Waals surface area contributed by atoms with Crippen LogP contribution in [0.4, 0.5) is 5.69 Å². The average molecular weight is 355 g/mol. The maximum absolute atomic E-state index is 11.9. The predicted molar refractivity (Wildman–Crippen MR) is 84.0 cm³/mol. The summed E-state index contributed by atoms with van der Waals surface area (Å²) in [6.07, 6.45) is 0. The molecule has 0 bridgehead atoms. The van der Waals surface area contributed by atoms with E-state index >= 15 is 0 Å². The van der Waals surface area contributed by atoms with Gasteiger partial charge in [0.15, 0.2) is 5.16 Å². The number of carbonyl (C=O) groups excluding carboxylic acids is 1. The Morgan fingerprint density at radius 2 is 2.15 bits per heavy atom. The van der Waals surface area contributed by atoms with Gasteiger partial charge < -0.3 is 9.88 Å². The minimum atomic E-state index is -0.0635. The Morgan fingerprint density at radius 1 is 1.40 bits per heavy atom. The minimum Gasteiger partial charge on any atom is -0.325 e. The summed E-state index contributed by atoms with van der Waals surface area (Å²) < 4.78 is 2.84. The van der Waals surface area contributed by atoms with Gasteiger partial charge in [-0.05, 0) is 31.5 Å². The van der Waals surface area contributed by atoms with Crippen molar-refractivity contribution in [2.75, 3.05) is 11.1 Å². The Labute approximate surface area is 130 Å². The quantitative estimate of drug-likeness (QED) is 0.857. The zero-order chi connectivity index (χ0) is 14.7. The lowest BCUT2D eigenvalue weighted by Gasteiger charge is -2.06. The molecule has 0 aliphatic heterocycles. The molecule has 106 valence electrons. The molecule has 0 saturated carbocycles. The number of aromatic nitrogens is 3. The van der Waals surface area contributed by atoms with E-state index in [9.17, 15) is 4.79 Å². The molecule has 0 atom stereocenters. The Bertz CT molecular complexity index is 641. The standard InChI is InChI=1S/C13H15BrN4OS/c1-8-4-5-10(6-11(8)14)15-12(19)7-20-13-17-16-9(2)18(13)3/h4-6H,7H2,1-3H3,(H,15,19). The fourth-order valence-corrected chi connectivity index (χ4v) is 2.65. The monoisotopic (exact) mass is 354 g/mol. The van der Waals surface area contributed by atoms with Gasteiger partial charge in [-0.2, -0.15) is 0 Å². The molecule has 2 rings (SSSR count). The SMILES string of the molecule is Cc1ccc(NC(=O)CSc2nnc(C)n2C)cc1Br. The first-order valence-electron chi connectivity index (χ1n) is 6.02. The third kappa shape index (κ3) is 3.61. The maximum Gasteiger partial charge on any atom is 0.234 e. The second kappa shape index (κ2) is 6.41. The highest BCUT2D eigenvalue weighted by Crippen LogP contribution is 2.21. The van der Waals surface area contributed by atoms with Crippen molar-refractivity contribution >= 4 is 39.3 Å². The summed E-state index contributed by atoms with van der Waals surface area (Å²) in [7, 11) is 1.88. The van der Waals surface area contributed by atoms with Gasteiger partial charge in [0.25, 0.3) is 0 Å². The molecule has 1 aromatic heterocycles. The number of benzene rings is 1. The molecule has 7 heteroatoms. The van der Waals surface area contributed by atoms with Gasteiger partial charge in [0.05, 0.1) is 5.75 Å². The molecule has 0 spiro atoms. The Hall–Kier alpha value is -1.34. The smallest absolute Gasteiger partial charge is 0.234 e. The zero-order valence-electron chi connectivity index (χ0n) is 11.5. The number of nitrogens with zero attached hydrogens (tertiary/aromatic N) is 3. The lowest BCUT2D eigenvalue weighted by atomic mass is 10.2. The van der Waals surface area contributed by atoms with E-state index in [0.717, 1.165) is 26.7 Å². The van der Waals surface area contributed by atoms with Crippen LogP contribution in [0.15, 0.2) is 27.8 Å². The van der Waals surface area contributed by atoms with E-state index in [1.807, 2.05) is 43.7 Å². The molecule has 0 aliphatic carbocycles. The van der Waals surface area contributed by atoms with E-state index in [1.54, 1.807) is 0 Å². The van der Waals surface area contributed by atoms with Crippen LogP contribution in [-0.4, -0.2) is 26.4 Å². The Balaban J connectivity index is 1.92. The van der Waals surface area contributed by atoms with Crippen LogP contribution in [0.1, 0.15) is 11.4 Å². The summed E-state index contributed by atoms with van der Waals surface area (Å²) in [6.45, 7) is 3.88. The normalized spacial score (nSPS) is 10.6. The first-order valence-corrected chi connectivity index (χ1v) is 7.80. The molecule has 0 aliphatic rings.